The zero-order chi connectivity index (χ0) is 8.69. The summed E-state index contributed by atoms with van der Waals surface area (Å²) in [5.41, 5.74) is 0. The van der Waals surface area contributed by atoms with Crippen molar-refractivity contribution in [1.82, 2.24) is 10.6 Å². The van der Waals surface area contributed by atoms with Crippen molar-refractivity contribution >= 4 is 5.91 Å². The Hall–Kier alpha value is -0.610. The molecule has 1 amide bonds. The van der Waals surface area contributed by atoms with Crippen LogP contribution in [0.15, 0.2) is 0 Å². The lowest BCUT2D eigenvalue weighted by Crippen LogP contribution is -2.33. The van der Waals surface area contributed by atoms with Gasteiger partial charge in [-0.15, -0.1) is 0 Å². The van der Waals surface area contributed by atoms with E-state index in [1.165, 1.54) is 6.92 Å². The van der Waals surface area contributed by atoms with Crippen molar-refractivity contribution in [3.8, 4) is 0 Å². The van der Waals surface area contributed by atoms with Gasteiger partial charge in [-0.2, -0.15) is 0 Å². The van der Waals surface area contributed by atoms with E-state index in [9.17, 15) is 4.79 Å². The summed E-state index contributed by atoms with van der Waals surface area (Å²) >= 11 is 0. The van der Waals surface area contributed by atoms with E-state index in [0.29, 0.717) is 19.6 Å². The van der Waals surface area contributed by atoms with E-state index < -0.39 is 0 Å². The zero-order valence-electron chi connectivity index (χ0n) is 7.05. The molecule has 0 aliphatic rings. The highest BCUT2D eigenvalue weighted by atomic mass is 16.3. The number of hydrogen-bond acceptors (Lipinski definition) is 3. The van der Waals surface area contributed by atoms with Crippen LogP contribution in [-0.2, 0) is 4.79 Å². The van der Waals surface area contributed by atoms with Crippen LogP contribution in [0, 0.1) is 0 Å². The van der Waals surface area contributed by atoms with E-state index in [1.54, 1.807) is 6.92 Å². The topological polar surface area (TPSA) is 61.4 Å². The Morgan fingerprint density at radius 3 is 2.64 bits per heavy atom. The molecule has 0 fully saturated rings. The molecule has 1 atom stereocenters. The van der Waals surface area contributed by atoms with Gasteiger partial charge in [0.05, 0.1) is 6.10 Å². The highest BCUT2D eigenvalue weighted by Crippen LogP contribution is 1.72. The Bertz CT molecular complexity index is 115. The van der Waals surface area contributed by atoms with Gasteiger partial charge in [0.2, 0.25) is 5.91 Å². The molecule has 0 aromatic carbocycles. The lowest BCUT2D eigenvalue weighted by molar-refractivity contribution is -0.118. The van der Waals surface area contributed by atoms with E-state index in [0.717, 1.165) is 0 Å². The van der Waals surface area contributed by atoms with Crippen LogP contribution < -0.4 is 10.6 Å². The molecule has 0 aliphatic heterocycles. The third-order valence-corrected chi connectivity index (χ3v) is 1.12. The maximum absolute atomic E-state index is 10.4. The Labute approximate surface area is 67.0 Å². The number of hydrogen-bond donors (Lipinski definition) is 3. The number of carbonyl (C=O) groups is 1. The highest BCUT2D eigenvalue weighted by molar-refractivity contribution is 5.72. The molecule has 0 aromatic heterocycles. The van der Waals surface area contributed by atoms with Crippen molar-refractivity contribution in [2.75, 3.05) is 19.6 Å². The zero-order valence-corrected chi connectivity index (χ0v) is 7.05. The number of rotatable bonds is 5. The van der Waals surface area contributed by atoms with Crippen molar-refractivity contribution < 1.29 is 9.90 Å². The SMILES string of the molecule is CC(=O)NCCNC[C@H](C)O. The maximum atomic E-state index is 10.4. The minimum atomic E-state index is -0.327. The van der Waals surface area contributed by atoms with Crippen molar-refractivity contribution in [3.05, 3.63) is 0 Å². The summed E-state index contributed by atoms with van der Waals surface area (Å²) in [6.45, 7) is 5.08. The molecule has 0 spiro atoms. The fourth-order valence-electron chi connectivity index (χ4n) is 0.638. The van der Waals surface area contributed by atoms with E-state index in [-0.39, 0.29) is 12.0 Å². The first-order valence-electron chi connectivity index (χ1n) is 3.76. The van der Waals surface area contributed by atoms with Crippen molar-refractivity contribution in [3.63, 3.8) is 0 Å². The third kappa shape index (κ3) is 9.39. The van der Waals surface area contributed by atoms with Gasteiger partial charge in [0, 0.05) is 26.6 Å². The van der Waals surface area contributed by atoms with E-state index in [4.69, 9.17) is 5.11 Å². The predicted molar refractivity (Wildman–Crippen MR) is 43.2 cm³/mol. The molecule has 0 aromatic rings. The van der Waals surface area contributed by atoms with Gasteiger partial charge in [-0.1, -0.05) is 0 Å². The molecule has 4 nitrogen and oxygen atoms in total. The molecule has 0 radical (unpaired) electrons. The summed E-state index contributed by atoms with van der Waals surface area (Å²) in [6.07, 6.45) is -0.327. The van der Waals surface area contributed by atoms with Crippen molar-refractivity contribution in [2.24, 2.45) is 0 Å². The first kappa shape index (κ1) is 10.4. The fraction of sp³-hybridized carbons (Fsp3) is 0.857. The van der Waals surface area contributed by atoms with Crippen LogP contribution in [0.3, 0.4) is 0 Å². The average Bonchev–Trinajstić information content (AvgIpc) is 1.85. The normalized spacial score (nSPS) is 12.6. The average molecular weight is 160 g/mol. The summed E-state index contributed by atoms with van der Waals surface area (Å²) in [5, 5.41) is 14.4. The van der Waals surface area contributed by atoms with Gasteiger partial charge in [0.15, 0.2) is 0 Å². The Morgan fingerprint density at radius 2 is 2.18 bits per heavy atom. The molecule has 11 heavy (non-hydrogen) atoms. The largest absolute Gasteiger partial charge is 0.392 e. The second-order valence-corrected chi connectivity index (χ2v) is 2.54. The first-order chi connectivity index (χ1) is 5.13. The predicted octanol–water partition coefficient (Wildman–Crippen LogP) is -0.907. The highest BCUT2D eigenvalue weighted by Gasteiger charge is 1.93. The summed E-state index contributed by atoms with van der Waals surface area (Å²) < 4.78 is 0. The second kappa shape index (κ2) is 6.12. The lowest BCUT2D eigenvalue weighted by atomic mass is 10.4. The van der Waals surface area contributed by atoms with Gasteiger partial charge in [-0.3, -0.25) is 4.79 Å². The molecule has 0 aliphatic carbocycles. The summed E-state index contributed by atoms with van der Waals surface area (Å²) in [6, 6.07) is 0. The van der Waals surface area contributed by atoms with Crippen LogP contribution in [0.25, 0.3) is 0 Å². The minimum Gasteiger partial charge on any atom is -0.392 e. The van der Waals surface area contributed by atoms with Crippen LogP contribution in [0.4, 0.5) is 0 Å². The Kier molecular flexibility index (Phi) is 5.78. The van der Waals surface area contributed by atoms with Crippen LogP contribution in [0.5, 0.6) is 0 Å². The van der Waals surface area contributed by atoms with Crippen LogP contribution in [0.2, 0.25) is 0 Å². The number of aliphatic hydroxyl groups is 1. The monoisotopic (exact) mass is 160 g/mol. The van der Waals surface area contributed by atoms with E-state index >= 15 is 0 Å². The Morgan fingerprint density at radius 1 is 1.55 bits per heavy atom. The van der Waals surface area contributed by atoms with Gasteiger partial charge < -0.3 is 15.7 Å². The lowest BCUT2D eigenvalue weighted by Gasteiger charge is -2.06. The fourth-order valence-corrected chi connectivity index (χ4v) is 0.638. The molecule has 0 rings (SSSR count). The van der Waals surface area contributed by atoms with Crippen molar-refractivity contribution in [2.45, 2.75) is 20.0 Å². The van der Waals surface area contributed by atoms with Gasteiger partial charge in [-0.05, 0) is 6.92 Å². The molecule has 0 unspecified atom stereocenters. The summed E-state index contributed by atoms with van der Waals surface area (Å²) in [7, 11) is 0. The molecular formula is C7H16N2O2. The Balaban J connectivity index is 2.97. The molecular weight excluding hydrogens is 144 g/mol. The first-order valence-corrected chi connectivity index (χ1v) is 3.76. The van der Waals surface area contributed by atoms with E-state index in [2.05, 4.69) is 10.6 Å². The van der Waals surface area contributed by atoms with Crippen LogP contribution >= 0.6 is 0 Å². The van der Waals surface area contributed by atoms with Crippen LogP contribution in [-0.4, -0.2) is 36.8 Å². The molecule has 0 heterocycles. The molecule has 3 N–H and O–H groups in total. The van der Waals surface area contributed by atoms with Gasteiger partial charge in [0.1, 0.15) is 0 Å². The summed E-state index contributed by atoms with van der Waals surface area (Å²) in [4.78, 5) is 10.4. The van der Waals surface area contributed by atoms with E-state index in [1.807, 2.05) is 0 Å². The van der Waals surface area contributed by atoms with Gasteiger partial charge in [0.25, 0.3) is 0 Å². The standard InChI is InChI=1S/C7H16N2O2/c1-6(10)5-8-3-4-9-7(2)11/h6,8,10H,3-5H2,1-2H3,(H,9,11)/t6-/m0/s1. The minimum absolute atomic E-state index is 0.0242. The molecule has 66 valence electrons. The third-order valence-electron chi connectivity index (χ3n) is 1.12. The molecule has 0 bridgehead atoms. The quantitative estimate of drug-likeness (QED) is 0.456. The van der Waals surface area contributed by atoms with Crippen molar-refractivity contribution in [1.29, 1.82) is 0 Å². The second-order valence-electron chi connectivity index (χ2n) is 2.54. The van der Waals surface area contributed by atoms with Gasteiger partial charge >= 0.3 is 0 Å². The molecule has 0 saturated heterocycles. The number of aliphatic hydroxyl groups excluding tert-OH is 1. The molecule has 4 heteroatoms. The number of amides is 1. The molecule has 0 saturated carbocycles. The van der Waals surface area contributed by atoms with Gasteiger partial charge in [-0.25, -0.2) is 0 Å². The number of carbonyl (C=O) groups excluding carboxylic acids is 1. The number of nitrogens with one attached hydrogen (secondary N) is 2. The smallest absolute Gasteiger partial charge is 0.216 e. The van der Waals surface area contributed by atoms with Crippen LogP contribution in [0.1, 0.15) is 13.8 Å². The maximum Gasteiger partial charge on any atom is 0.216 e. The summed E-state index contributed by atoms with van der Waals surface area (Å²) in [5.74, 6) is -0.0242.